The van der Waals surface area contributed by atoms with Crippen molar-refractivity contribution in [3.63, 3.8) is 0 Å². The number of nitrogens with zero attached hydrogens (tertiary/aromatic N) is 2. The SMILES string of the molecule is CC[C@@H](NC(=O)c1cncn1C)c1ccc(OC)cc1. The summed E-state index contributed by atoms with van der Waals surface area (Å²) in [5.74, 6) is 0.689. The number of benzene rings is 1. The van der Waals surface area contributed by atoms with Crippen LogP contribution >= 0.6 is 0 Å². The van der Waals surface area contributed by atoms with Crippen LogP contribution in [0.2, 0.25) is 0 Å². The first-order valence-corrected chi connectivity index (χ1v) is 6.56. The van der Waals surface area contributed by atoms with Crippen molar-refractivity contribution in [1.82, 2.24) is 14.9 Å². The van der Waals surface area contributed by atoms with Gasteiger partial charge in [0, 0.05) is 7.05 Å². The summed E-state index contributed by atoms with van der Waals surface area (Å²) < 4.78 is 6.84. The molecule has 1 aromatic heterocycles. The lowest BCUT2D eigenvalue weighted by Gasteiger charge is -2.17. The molecule has 0 unspecified atom stereocenters. The summed E-state index contributed by atoms with van der Waals surface area (Å²) >= 11 is 0. The number of carbonyl (C=O) groups excluding carboxylic acids is 1. The third-order valence-electron chi connectivity index (χ3n) is 3.28. The molecule has 5 nitrogen and oxygen atoms in total. The Morgan fingerprint density at radius 1 is 1.40 bits per heavy atom. The summed E-state index contributed by atoms with van der Waals surface area (Å²) in [6.45, 7) is 2.04. The first-order valence-electron chi connectivity index (χ1n) is 6.56. The number of aryl methyl sites for hydroxylation is 1. The third kappa shape index (κ3) is 2.99. The van der Waals surface area contributed by atoms with Crippen LogP contribution in [-0.2, 0) is 7.05 Å². The number of methoxy groups -OCH3 is 1. The molecular formula is C15H19N3O2. The standard InChI is InChI=1S/C15H19N3O2/c1-4-13(11-5-7-12(20-3)8-6-11)17-15(19)14-9-16-10-18(14)2/h5-10,13H,4H2,1-3H3,(H,17,19)/t13-/m1/s1. The topological polar surface area (TPSA) is 56.2 Å². The van der Waals surface area contributed by atoms with Crippen molar-refractivity contribution in [2.24, 2.45) is 7.05 Å². The van der Waals surface area contributed by atoms with E-state index in [-0.39, 0.29) is 11.9 Å². The van der Waals surface area contributed by atoms with Crippen LogP contribution in [0.4, 0.5) is 0 Å². The summed E-state index contributed by atoms with van der Waals surface area (Å²) in [5.41, 5.74) is 1.61. The van der Waals surface area contributed by atoms with Crippen molar-refractivity contribution in [2.75, 3.05) is 7.11 Å². The first kappa shape index (κ1) is 14.1. The number of ether oxygens (including phenoxy) is 1. The number of nitrogens with one attached hydrogen (secondary N) is 1. The fraction of sp³-hybridized carbons (Fsp3) is 0.333. The van der Waals surface area contributed by atoms with Crippen LogP contribution in [0, 0.1) is 0 Å². The van der Waals surface area contributed by atoms with Gasteiger partial charge in [0.2, 0.25) is 0 Å². The van der Waals surface area contributed by atoms with E-state index in [2.05, 4.69) is 10.3 Å². The maximum Gasteiger partial charge on any atom is 0.270 e. The molecule has 5 heteroatoms. The van der Waals surface area contributed by atoms with Crippen LogP contribution in [0.3, 0.4) is 0 Å². The minimum atomic E-state index is -0.118. The van der Waals surface area contributed by atoms with Gasteiger partial charge in [-0.25, -0.2) is 4.98 Å². The van der Waals surface area contributed by atoms with Crippen LogP contribution in [0.15, 0.2) is 36.8 Å². The van der Waals surface area contributed by atoms with E-state index in [1.165, 1.54) is 0 Å². The molecule has 0 aliphatic heterocycles. The largest absolute Gasteiger partial charge is 0.497 e. The Morgan fingerprint density at radius 3 is 2.60 bits per heavy atom. The fourth-order valence-corrected chi connectivity index (χ4v) is 2.07. The Bertz CT molecular complexity index is 575. The predicted molar refractivity (Wildman–Crippen MR) is 76.7 cm³/mol. The smallest absolute Gasteiger partial charge is 0.270 e. The molecule has 106 valence electrons. The van der Waals surface area contributed by atoms with Gasteiger partial charge in [-0.1, -0.05) is 19.1 Å². The molecule has 20 heavy (non-hydrogen) atoms. The molecule has 1 aromatic carbocycles. The second-order valence-electron chi connectivity index (χ2n) is 4.60. The maximum atomic E-state index is 12.2. The van der Waals surface area contributed by atoms with Gasteiger partial charge in [-0.2, -0.15) is 0 Å². The number of rotatable bonds is 5. The Labute approximate surface area is 118 Å². The van der Waals surface area contributed by atoms with Gasteiger partial charge < -0.3 is 14.6 Å². The van der Waals surface area contributed by atoms with Gasteiger partial charge in [-0.3, -0.25) is 4.79 Å². The van der Waals surface area contributed by atoms with Crippen LogP contribution < -0.4 is 10.1 Å². The molecule has 0 saturated heterocycles. The lowest BCUT2D eigenvalue weighted by atomic mass is 10.0. The Hall–Kier alpha value is -2.30. The molecule has 0 spiro atoms. The first-order chi connectivity index (χ1) is 9.65. The van der Waals surface area contributed by atoms with Gasteiger partial charge in [0.1, 0.15) is 11.4 Å². The minimum Gasteiger partial charge on any atom is -0.497 e. The Morgan fingerprint density at radius 2 is 2.10 bits per heavy atom. The monoisotopic (exact) mass is 273 g/mol. The van der Waals surface area contributed by atoms with Crippen LogP contribution in [0.25, 0.3) is 0 Å². The number of carbonyl (C=O) groups is 1. The second-order valence-corrected chi connectivity index (χ2v) is 4.60. The molecule has 1 N–H and O–H groups in total. The van der Waals surface area contributed by atoms with Gasteiger partial charge in [-0.15, -0.1) is 0 Å². The number of hydrogen-bond donors (Lipinski definition) is 1. The molecule has 0 fully saturated rings. The van der Waals surface area contributed by atoms with Gasteiger partial charge >= 0.3 is 0 Å². The number of hydrogen-bond acceptors (Lipinski definition) is 3. The zero-order chi connectivity index (χ0) is 14.5. The van der Waals surface area contributed by atoms with E-state index in [4.69, 9.17) is 4.74 Å². The molecule has 2 aromatic rings. The second kappa shape index (κ2) is 6.23. The summed E-state index contributed by atoms with van der Waals surface area (Å²) in [5, 5.41) is 3.02. The van der Waals surface area contributed by atoms with Crippen molar-refractivity contribution in [3.8, 4) is 5.75 Å². The van der Waals surface area contributed by atoms with Crippen molar-refractivity contribution in [1.29, 1.82) is 0 Å². The van der Waals surface area contributed by atoms with E-state index >= 15 is 0 Å². The molecule has 0 aliphatic rings. The van der Waals surface area contributed by atoms with Crippen LogP contribution in [0.1, 0.15) is 35.4 Å². The number of amides is 1. The van der Waals surface area contributed by atoms with E-state index < -0.39 is 0 Å². The predicted octanol–water partition coefficient (Wildman–Crippen LogP) is 2.31. The van der Waals surface area contributed by atoms with Crippen molar-refractivity contribution >= 4 is 5.91 Å². The van der Waals surface area contributed by atoms with E-state index in [0.717, 1.165) is 17.7 Å². The number of imidazole rings is 1. The Kier molecular flexibility index (Phi) is 4.40. The highest BCUT2D eigenvalue weighted by Crippen LogP contribution is 2.20. The molecular weight excluding hydrogens is 254 g/mol. The van der Waals surface area contributed by atoms with Crippen molar-refractivity contribution in [2.45, 2.75) is 19.4 Å². The summed E-state index contributed by atoms with van der Waals surface area (Å²) in [6.07, 6.45) is 4.00. The molecule has 0 aliphatic carbocycles. The molecule has 0 radical (unpaired) electrons. The highest BCUT2D eigenvalue weighted by molar-refractivity contribution is 5.92. The average molecular weight is 273 g/mol. The molecule has 2 rings (SSSR count). The molecule has 0 saturated carbocycles. The van der Waals surface area contributed by atoms with Crippen LogP contribution in [-0.4, -0.2) is 22.6 Å². The zero-order valence-electron chi connectivity index (χ0n) is 12.0. The normalized spacial score (nSPS) is 11.9. The maximum absolute atomic E-state index is 12.2. The van der Waals surface area contributed by atoms with Crippen LogP contribution in [0.5, 0.6) is 5.75 Å². The van der Waals surface area contributed by atoms with E-state index in [1.807, 2.05) is 31.2 Å². The van der Waals surface area contributed by atoms with E-state index in [0.29, 0.717) is 5.69 Å². The fourth-order valence-electron chi connectivity index (χ4n) is 2.07. The molecule has 0 bridgehead atoms. The lowest BCUT2D eigenvalue weighted by Crippen LogP contribution is -2.29. The van der Waals surface area contributed by atoms with Gasteiger partial charge in [0.25, 0.3) is 5.91 Å². The van der Waals surface area contributed by atoms with Gasteiger partial charge in [0.15, 0.2) is 0 Å². The molecule has 1 atom stereocenters. The number of aromatic nitrogens is 2. The summed E-state index contributed by atoms with van der Waals surface area (Å²) in [6, 6.07) is 7.71. The average Bonchev–Trinajstić information content (AvgIpc) is 2.91. The van der Waals surface area contributed by atoms with Gasteiger partial charge in [-0.05, 0) is 24.1 Å². The Balaban J connectivity index is 2.12. The highest BCUT2D eigenvalue weighted by Gasteiger charge is 2.16. The summed E-state index contributed by atoms with van der Waals surface area (Å²) in [4.78, 5) is 16.2. The lowest BCUT2D eigenvalue weighted by molar-refractivity contribution is 0.0927. The molecule has 1 heterocycles. The minimum absolute atomic E-state index is 0.0247. The van der Waals surface area contributed by atoms with Crippen molar-refractivity contribution in [3.05, 3.63) is 48.0 Å². The van der Waals surface area contributed by atoms with Crippen molar-refractivity contribution < 1.29 is 9.53 Å². The zero-order valence-corrected chi connectivity index (χ0v) is 12.0. The quantitative estimate of drug-likeness (QED) is 0.909. The van der Waals surface area contributed by atoms with E-state index in [1.54, 1.807) is 31.2 Å². The highest BCUT2D eigenvalue weighted by atomic mass is 16.5. The van der Waals surface area contributed by atoms with Gasteiger partial charge in [0.05, 0.1) is 25.7 Å². The third-order valence-corrected chi connectivity index (χ3v) is 3.28. The molecule has 1 amide bonds. The summed E-state index contributed by atoms with van der Waals surface area (Å²) in [7, 11) is 3.44. The van der Waals surface area contributed by atoms with E-state index in [9.17, 15) is 4.79 Å².